The van der Waals surface area contributed by atoms with Gasteiger partial charge in [-0.05, 0) is 32.2 Å². The molecule has 1 N–H and O–H groups in total. The number of sulfonamides is 1. The highest BCUT2D eigenvalue weighted by atomic mass is 32.2. The molecule has 0 fully saturated rings. The second-order valence-electron chi connectivity index (χ2n) is 6.24. The predicted octanol–water partition coefficient (Wildman–Crippen LogP) is 0.742. The zero-order valence-electron chi connectivity index (χ0n) is 14.0. The Morgan fingerprint density at radius 2 is 1.83 bits per heavy atom. The Balaban J connectivity index is 2.63. The van der Waals surface area contributed by atoms with E-state index in [9.17, 15) is 18.0 Å². The maximum absolute atomic E-state index is 12.2. The molecule has 0 saturated carbocycles. The van der Waals surface area contributed by atoms with Crippen molar-refractivity contribution in [2.24, 2.45) is 0 Å². The first-order valence-electron chi connectivity index (χ1n) is 6.98. The Morgan fingerprint density at radius 1 is 1.22 bits per heavy atom. The molecule has 0 unspecified atom stereocenters. The van der Waals surface area contributed by atoms with E-state index in [1.54, 1.807) is 11.4 Å². The van der Waals surface area contributed by atoms with E-state index in [0.29, 0.717) is 0 Å². The van der Waals surface area contributed by atoms with Gasteiger partial charge in [0.15, 0.2) is 0 Å². The normalized spacial score (nSPS) is 12.3. The number of hydrogen-bond donors (Lipinski definition) is 1. The van der Waals surface area contributed by atoms with Crippen molar-refractivity contribution < 1.29 is 18.0 Å². The fraction of sp³-hybridized carbons (Fsp3) is 0.571. The number of rotatable bonds is 6. The molecular formula is C14H23N3O4S2. The summed E-state index contributed by atoms with van der Waals surface area (Å²) in [5.41, 5.74) is -0.389. The number of likely N-dealkylation sites (N-methyl/N-ethyl adjacent to an activating group) is 2. The van der Waals surface area contributed by atoms with Gasteiger partial charge in [0.1, 0.15) is 4.21 Å². The van der Waals surface area contributed by atoms with Crippen molar-refractivity contribution in [3.63, 3.8) is 0 Å². The number of carbonyl (C=O) groups is 2. The van der Waals surface area contributed by atoms with Crippen LogP contribution in [0.3, 0.4) is 0 Å². The van der Waals surface area contributed by atoms with Crippen molar-refractivity contribution in [2.75, 3.05) is 27.2 Å². The number of nitrogens with one attached hydrogen (secondary N) is 1. The second-order valence-corrected chi connectivity index (χ2v) is 9.46. The maximum Gasteiger partial charge on any atom is 0.252 e. The lowest BCUT2D eigenvalue weighted by Crippen LogP contribution is -2.48. The Kier molecular flexibility index (Phi) is 6.32. The van der Waals surface area contributed by atoms with E-state index in [1.807, 2.05) is 20.8 Å². The van der Waals surface area contributed by atoms with E-state index >= 15 is 0 Å². The fourth-order valence-corrected chi connectivity index (χ4v) is 4.04. The minimum atomic E-state index is -3.68. The topological polar surface area (TPSA) is 86.8 Å². The Morgan fingerprint density at radius 3 is 2.30 bits per heavy atom. The number of amides is 2. The van der Waals surface area contributed by atoms with Crippen LogP contribution < -0.4 is 5.32 Å². The highest BCUT2D eigenvalue weighted by Crippen LogP contribution is 2.19. The molecule has 0 atom stereocenters. The molecule has 0 aliphatic carbocycles. The smallest absolute Gasteiger partial charge is 0.252 e. The zero-order valence-corrected chi connectivity index (χ0v) is 15.6. The molecule has 0 radical (unpaired) electrons. The van der Waals surface area contributed by atoms with E-state index in [2.05, 4.69) is 5.32 Å². The lowest BCUT2D eigenvalue weighted by atomic mass is 10.1. The monoisotopic (exact) mass is 361 g/mol. The molecule has 1 aromatic heterocycles. The first-order chi connectivity index (χ1) is 10.4. The van der Waals surface area contributed by atoms with E-state index in [4.69, 9.17) is 0 Å². The molecule has 0 spiro atoms. The molecule has 0 aromatic carbocycles. The predicted molar refractivity (Wildman–Crippen MR) is 89.7 cm³/mol. The molecule has 0 aliphatic rings. The Bertz CT molecular complexity index is 648. The molecule has 0 bridgehead atoms. The average molecular weight is 361 g/mol. The van der Waals surface area contributed by atoms with Crippen LogP contribution in [0.15, 0.2) is 21.7 Å². The SMILES string of the molecule is CN(CC(=O)NC(C)(C)C)C(=O)CN(C)S(=O)(=O)c1cccs1. The van der Waals surface area contributed by atoms with Gasteiger partial charge in [-0.25, -0.2) is 8.42 Å². The highest BCUT2D eigenvalue weighted by molar-refractivity contribution is 7.91. The van der Waals surface area contributed by atoms with Crippen LogP contribution in [-0.4, -0.2) is 62.2 Å². The largest absolute Gasteiger partial charge is 0.350 e. The van der Waals surface area contributed by atoms with Crippen LogP contribution in [0.5, 0.6) is 0 Å². The van der Waals surface area contributed by atoms with Gasteiger partial charge in [-0.2, -0.15) is 4.31 Å². The number of hydrogen-bond acceptors (Lipinski definition) is 5. The summed E-state index contributed by atoms with van der Waals surface area (Å²) in [5.74, 6) is -0.742. The van der Waals surface area contributed by atoms with Gasteiger partial charge in [0, 0.05) is 19.6 Å². The van der Waals surface area contributed by atoms with Crippen molar-refractivity contribution in [1.29, 1.82) is 0 Å². The summed E-state index contributed by atoms with van der Waals surface area (Å²) >= 11 is 1.09. The van der Waals surface area contributed by atoms with Crippen molar-refractivity contribution in [3.8, 4) is 0 Å². The first-order valence-corrected chi connectivity index (χ1v) is 9.30. The molecule has 9 heteroatoms. The third-order valence-corrected chi connectivity index (χ3v) is 6.01. The van der Waals surface area contributed by atoms with Gasteiger partial charge in [0.2, 0.25) is 11.8 Å². The molecule has 0 aliphatic heterocycles. The lowest BCUT2D eigenvalue weighted by molar-refractivity contribution is -0.135. The Hall–Kier alpha value is -1.45. The Labute approximate surface area is 141 Å². The summed E-state index contributed by atoms with van der Waals surface area (Å²) in [6.45, 7) is 5.08. The summed E-state index contributed by atoms with van der Waals surface area (Å²) in [6, 6.07) is 3.12. The van der Waals surface area contributed by atoms with Gasteiger partial charge in [0.25, 0.3) is 10.0 Å². The van der Waals surface area contributed by atoms with Gasteiger partial charge in [-0.1, -0.05) is 6.07 Å². The lowest BCUT2D eigenvalue weighted by Gasteiger charge is -2.24. The third-order valence-electron chi connectivity index (χ3n) is 2.84. The highest BCUT2D eigenvalue weighted by Gasteiger charge is 2.26. The van der Waals surface area contributed by atoms with Crippen molar-refractivity contribution in [1.82, 2.24) is 14.5 Å². The molecule has 23 heavy (non-hydrogen) atoms. The van der Waals surface area contributed by atoms with Gasteiger partial charge >= 0.3 is 0 Å². The molecule has 1 heterocycles. The van der Waals surface area contributed by atoms with Gasteiger partial charge < -0.3 is 10.2 Å². The minimum Gasteiger partial charge on any atom is -0.350 e. The summed E-state index contributed by atoms with van der Waals surface area (Å²) in [4.78, 5) is 25.1. The summed E-state index contributed by atoms with van der Waals surface area (Å²) in [6.07, 6.45) is 0. The van der Waals surface area contributed by atoms with Crippen molar-refractivity contribution in [3.05, 3.63) is 17.5 Å². The van der Waals surface area contributed by atoms with Crippen molar-refractivity contribution in [2.45, 2.75) is 30.5 Å². The third kappa shape index (κ3) is 5.92. The zero-order chi connectivity index (χ0) is 17.8. The van der Waals surface area contributed by atoms with Crippen LogP contribution >= 0.6 is 11.3 Å². The summed E-state index contributed by atoms with van der Waals surface area (Å²) < 4.78 is 25.7. The summed E-state index contributed by atoms with van der Waals surface area (Å²) in [5, 5.41) is 4.41. The van der Waals surface area contributed by atoms with Crippen LogP contribution in [-0.2, 0) is 19.6 Å². The van der Waals surface area contributed by atoms with E-state index < -0.39 is 15.9 Å². The maximum atomic E-state index is 12.2. The minimum absolute atomic E-state index is 0.122. The van der Waals surface area contributed by atoms with Crippen LogP contribution in [0, 0.1) is 0 Å². The molecule has 130 valence electrons. The standard InChI is InChI=1S/C14H23N3O4S2/c1-14(2,3)15-11(18)9-16(4)12(19)10-17(5)23(20,21)13-7-6-8-22-13/h6-8H,9-10H2,1-5H3,(H,15,18). The van der Waals surface area contributed by atoms with Crippen molar-refractivity contribution >= 4 is 33.2 Å². The van der Waals surface area contributed by atoms with Crippen LogP contribution in [0.2, 0.25) is 0 Å². The van der Waals surface area contributed by atoms with E-state index in [-0.39, 0.29) is 28.7 Å². The molecule has 7 nitrogen and oxygen atoms in total. The average Bonchev–Trinajstić information content (AvgIpc) is 2.90. The van der Waals surface area contributed by atoms with Crippen LogP contribution in [0.4, 0.5) is 0 Å². The quantitative estimate of drug-likeness (QED) is 0.810. The molecule has 1 rings (SSSR count). The van der Waals surface area contributed by atoms with E-state index in [0.717, 1.165) is 15.6 Å². The fourth-order valence-electron chi connectivity index (χ4n) is 1.72. The number of thiophene rings is 1. The second kappa shape index (κ2) is 7.41. The molecule has 2 amide bonds. The van der Waals surface area contributed by atoms with Crippen LogP contribution in [0.25, 0.3) is 0 Å². The molecule has 0 saturated heterocycles. The molecule has 1 aromatic rings. The number of carbonyl (C=O) groups excluding carboxylic acids is 2. The van der Waals surface area contributed by atoms with Crippen LogP contribution in [0.1, 0.15) is 20.8 Å². The van der Waals surface area contributed by atoms with Gasteiger partial charge in [-0.15, -0.1) is 11.3 Å². The first kappa shape index (κ1) is 19.6. The van der Waals surface area contributed by atoms with Gasteiger partial charge in [0.05, 0.1) is 13.1 Å². The van der Waals surface area contributed by atoms with E-state index in [1.165, 1.54) is 25.1 Å². The summed E-state index contributed by atoms with van der Waals surface area (Å²) in [7, 11) is -0.866. The molecular weight excluding hydrogens is 338 g/mol. The van der Waals surface area contributed by atoms with Gasteiger partial charge in [-0.3, -0.25) is 9.59 Å². The number of nitrogens with zero attached hydrogens (tertiary/aromatic N) is 2.